The van der Waals surface area contributed by atoms with Gasteiger partial charge in [0.1, 0.15) is 16.6 Å². The van der Waals surface area contributed by atoms with Crippen molar-refractivity contribution >= 4 is 45.5 Å². The second kappa shape index (κ2) is 7.13. The van der Waals surface area contributed by atoms with E-state index in [1.807, 2.05) is 13.8 Å². The Morgan fingerprint density at radius 1 is 1.24 bits per heavy atom. The number of benzene rings is 1. The van der Waals surface area contributed by atoms with E-state index in [0.717, 1.165) is 5.04 Å². The minimum Gasteiger partial charge on any atom is -0.457 e. The zero-order valence-electron chi connectivity index (χ0n) is 15.4. The van der Waals surface area contributed by atoms with Crippen LogP contribution in [0.15, 0.2) is 56.5 Å². The van der Waals surface area contributed by atoms with Crippen LogP contribution in [0.25, 0.3) is 17.4 Å². The van der Waals surface area contributed by atoms with Crippen molar-refractivity contribution in [3.8, 4) is 11.3 Å². The molecule has 0 unspecified atom stereocenters. The van der Waals surface area contributed by atoms with Gasteiger partial charge in [0.15, 0.2) is 5.84 Å². The quantitative estimate of drug-likeness (QED) is 0.460. The van der Waals surface area contributed by atoms with Gasteiger partial charge in [-0.3, -0.25) is 20.3 Å². The van der Waals surface area contributed by atoms with Gasteiger partial charge in [-0.25, -0.2) is 0 Å². The number of nitro benzene ring substituents is 1. The largest absolute Gasteiger partial charge is 0.457 e. The molecule has 1 N–H and O–H groups in total. The Bertz CT molecular complexity index is 1130. The standard InChI is InChI=1S/C19H15N5O4S/c1-10(2)18-22-23-16(20)14(17(25)21-19(23)29-18)9-13-7-8-15(28-13)11-3-5-12(6-4-11)24(26)27/h3-10,20H,1-2H3/b14-9+,20-16?. The summed E-state index contributed by atoms with van der Waals surface area (Å²) in [6, 6.07) is 9.30. The Hall–Kier alpha value is -3.53. The van der Waals surface area contributed by atoms with Crippen LogP contribution in [-0.2, 0) is 4.79 Å². The number of hydrogen-bond donors (Lipinski definition) is 1. The summed E-state index contributed by atoms with van der Waals surface area (Å²) in [5.74, 6) is 0.434. The molecule has 3 heterocycles. The van der Waals surface area contributed by atoms with Gasteiger partial charge in [0.05, 0.1) is 10.5 Å². The van der Waals surface area contributed by atoms with E-state index < -0.39 is 10.8 Å². The first-order valence-corrected chi connectivity index (χ1v) is 9.50. The second-order valence-corrected chi connectivity index (χ2v) is 7.61. The van der Waals surface area contributed by atoms with Gasteiger partial charge in [-0.15, -0.1) is 0 Å². The lowest BCUT2D eigenvalue weighted by Crippen LogP contribution is -2.35. The van der Waals surface area contributed by atoms with Crippen molar-refractivity contribution in [1.82, 2.24) is 5.01 Å². The van der Waals surface area contributed by atoms with Crippen molar-refractivity contribution in [2.24, 2.45) is 16.0 Å². The van der Waals surface area contributed by atoms with Crippen LogP contribution in [0.3, 0.4) is 0 Å². The van der Waals surface area contributed by atoms with Crippen molar-refractivity contribution in [2.75, 3.05) is 0 Å². The Morgan fingerprint density at radius 2 is 1.97 bits per heavy atom. The minimum atomic E-state index is -0.526. The molecule has 2 aromatic rings. The molecule has 1 aromatic carbocycles. The molecule has 4 rings (SSSR count). The molecule has 0 saturated carbocycles. The summed E-state index contributed by atoms with van der Waals surface area (Å²) in [4.78, 5) is 26.7. The van der Waals surface area contributed by atoms with Gasteiger partial charge >= 0.3 is 0 Å². The van der Waals surface area contributed by atoms with E-state index in [2.05, 4.69) is 10.1 Å². The van der Waals surface area contributed by atoms with Crippen molar-refractivity contribution < 1.29 is 14.1 Å². The number of carbonyl (C=O) groups excluding carboxylic acids is 1. The van der Waals surface area contributed by atoms with Crippen LogP contribution in [0.1, 0.15) is 19.6 Å². The molecule has 29 heavy (non-hydrogen) atoms. The highest BCUT2D eigenvalue weighted by Gasteiger charge is 2.36. The lowest BCUT2D eigenvalue weighted by Gasteiger charge is -2.19. The molecule has 0 radical (unpaired) electrons. The number of non-ortho nitro benzene ring substituents is 1. The first-order valence-electron chi connectivity index (χ1n) is 8.68. The molecule has 0 bridgehead atoms. The predicted molar refractivity (Wildman–Crippen MR) is 111 cm³/mol. The van der Waals surface area contributed by atoms with Crippen LogP contribution in [0.2, 0.25) is 0 Å². The van der Waals surface area contributed by atoms with E-state index in [0.29, 0.717) is 22.3 Å². The number of aliphatic imine (C=N–C) groups is 1. The van der Waals surface area contributed by atoms with Crippen molar-refractivity contribution in [3.05, 3.63) is 57.8 Å². The summed E-state index contributed by atoms with van der Waals surface area (Å²) in [6.07, 6.45) is 1.45. The van der Waals surface area contributed by atoms with E-state index in [-0.39, 0.29) is 23.0 Å². The number of hydrogen-bond acceptors (Lipinski definition) is 7. The fourth-order valence-electron chi connectivity index (χ4n) is 2.72. The fourth-order valence-corrected chi connectivity index (χ4v) is 3.61. The zero-order chi connectivity index (χ0) is 20.7. The third kappa shape index (κ3) is 3.49. The van der Waals surface area contributed by atoms with E-state index in [1.54, 1.807) is 24.3 Å². The van der Waals surface area contributed by atoms with E-state index in [1.165, 1.54) is 35.0 Å². The molecular weight excluding hydrogens is 394 g/mol. The van der Waals surface area contributed by atoms with Crippen LogP contribution in [0, 0.1) is 21.4 Å². The maximum absolute atomic E-state index is 12.4. The van der Waals surface area contributed by atoms with Gasteiger partial charge in [-0.05, 0) is 42.1 Å². The number of furan rings is 1. The summed E-state index contributed by atoms with van der Waals surface area (Å²) >= 11 is 1.29. The Balaban J connectivity index is 1.61. The van der Waals surface area contributed by atoms with Gasteiger partial charge in [0, 0.05) is 23.6 Å². The number of amidine groups is 2. The average molecular weight is 409 g/mol. The molecule has 0 fully saturated rings. The first-order chi connectivity index (χ1) is 13.8. The van der Waals surface area contributed by atoms with Crippen LogP contribution in [0.4, 0.5) is 5.69 Å². The number of nitro groups is 1. The molecule has 146 valence electrons. The maximum atomic E-state index is 12.4. The van der Waals surface area contributed by atoms with Crippen LogP contribution in [0.5, 0.6) is 0 Å². The van der Waals surface area contributed by atoms with Crippen LogP contribution < -0.4 is 0 Å². The lowest BCUT2D eigenvalue weighted by molar-refractivity contribution is -0.384. The SMILES string of the molecule is CC(C)C1=NN2C(=N)/C(=C\c3ccc(-c4ccc([N+](=O)[O-])cc4)o3)C(=O)N=C2S1. The number of hydrazone groups is 1. The Labute approximate surface area is 169 Å². The molecule has 1 amide bonds. The topological polar surface area (TPSA) is 125 Å². The van der Waals surface area contributed by atoms with Crippen molar-refractivity contribution in [3.63, 3.8) is 0 Å². The third-order valence-corrected chi connectivity index (χ3v) is 5.45. The smallest absolute Gasteiger partial charge is 0.283 e. The molecule has 0 aliphatic carbocycles. The van der Waals surface area contributed by atoms with Gasteiger partial charge in [0.25, 0.3) is 11.6 Å². The summed E-state index contributed by atoms with van der Waals surface area (Å²) in [6.45, 7) is 3.96. The zero-order valence-corrected chi connectivity index (χ0v) is 16.3. The monoisotopic (exact) mass is 409 g/mol. The lowest BCUT2D eigenvalue weighted by atomic mass is 10.1. The molecule has 10 heteroatoms. The summed E-state index contributed by atoms with van der Waals surface area (Å²) < 4.78 is 5.74. The highest BCUT2D eigenvalue weighted by Crippen LogP contribution is 2.31. The number of fused-ring (bicyclic) bond motifs is 1. The Morgan fingerprint density at radius 3 is 2.62 bits per heavy atom. The molecule has 1 aromatic heterocycles. The minimum absolute atomic E-state index is 0.0117. The Kier molecular flexibility index (Phi) is 4.63. The van der Waals surface area contributed by atoms with Gasteiger partial charge < -0.3 is 4.42 Å². The van der Waals surface area contributed by atoms with Gasteiger partial charge in [0.2, 0.25) is 5.17 Å². The van der Waals surface area contributed by atoms with Crippen molar-refractivity contribution in [1.29, 1.82) is 5.41 Å². The van der Waals surface area contributed by atoms with E-state index in [9.17, 15) is 14.9 Å². The fraction of sp³-hybridized carbons (Fsp3) is 0.158. The normalized spacial score (nSPS) is 17.6. The number of nitrogens with one attached hydrogen (secondary N) is 1. The number of rotatable bonds is 4. The molecule has 0 atom stereocenters. The van der Waals surface area contributed by atoms with Crippen LogP contribution in [-0.4, -0.2) is 31.9 Å². The summed E-state index contributed by atoms with van der Waals surface area (Å²) in [5.41, 5.74) is 0.725. The summed E-state index contributed by atoms with van der Waals surface area (Å²) in [7, 11) is 0. The summed E-state index contributed by atoms with van der Waals surface area (Å²) in [5, 5.41) is 26.0. The molecule has 9 nitrogen and oxygen atoms in total. The number of amides is 1. The molecule has 0 spiro atoms. The molecular formula is C19H15N5O4S. The number of thioether (sulfide) groups is 1. The van der Waals surface area contributed by atoms with Gasteiger partial charge in [-0.1, -0.05) is 13.8 Å². The highest BCUT2D eigenvalue weighted by atomic mass is 32.2. The molecule has 0 saturated heterocycles. The van der Waals surface area contributed by atoms with Crippen LogP contribution >= 0.6 is 11.8 Å². The van der Waals surface area contributed by atoms with Crippen molar-refractivity contribution in [2.45, 2.75) is 13.8 Å². The van der Waals surface area contributed by atoms with E-state index in [4.69, 9.17) is 9.83 Å². The van der Waals surface area contributed by atoms with Gasteiger partial charge in [-0.2, -0.15) is 15.1 Å². The second-order valence-electron chi connectivity index (χ2n) is 6.62. The van der Waals surface area contributed by atoms with E-state index >= 15 is 0 Å². The third-order valence-electron chi connectivity index (χ3n) is 4.24. The maximum Gasteiger partial charge on any atom is 0.283 e. The molecule has 2 aliphatic rings. The first kappa shape index (κ1) is 18.8. The number of carbonyl (C=O) groups is 1. The predicted octanol–water partition coefficient (Wildman–Crippen LogP) is 4.13. The average Bonchev–Trinajstić information content (AvgIpc) is 3.32. The highest BCUT2D eigenvalue weighted by molar-refractivity contribution is 8.27. The molecule has 2 aliphatic heterocycles. The number of nitrogens with zero attached hydrogens (tertiary/aromatic N) is 4.